The van der Waals surface area contributed by atoms with E-state index in [1.54, 1.807) is 0 Å². The molecule has 6 heteroatoms. The van der Waals surface area contributed by atoms with Crippen LogP contribution >= 0.6 is 0 Å². The molecule has 0 radical (unpaired) electrons. The average molecular weight is 406 g/mol. The average Bonchev–Trinajstić information content (AvgIpc) is 3.23. The van der Waals surface area contributed by atoms with E-state index in [0.717, 1.165) is 65.1 Å². The van der Waals surface area contributed by atoms with Gasteiger partial charge in [-0.1, -0.05) is 36.4 Å². The van der Waals surface area contributed by atoms with Crippen LogP contribution in [0.1, 0.15) is 0 Å². The first-order valence-electron chi connectivity index (χ1n) is 10.6. The number of hydrogen-bond acceptors (Lipinski definition) is 5. The zero-order valence-electron chi connectivity index (χ0n) is 17.1. The van der Waals surface area contributed by atoms with Gasteiger partial charge in [0.1, 0.15) is 5.69 Å². The van der Waals surface area contributed by atoms with Crippen molar-refractivity contribution >= 4 is 22.2 Å². The zero-order valence-corrected chi connectivity index (χ0v) is 17.1. The van der Waals surface area contributed by atoms with Gasteiger partial charge in [0.2, 0.25) is 0 Å². The molecule has 0 bridgehead atoms. The first-order chi connectivity index (χ1) is 15.4. The Balaban J connectivity index is 1.65. The minimum atomic E-state index is 0.851. The van der Waals surface area contributed by atoms with Crippen LogP contribution in [-0.2, 0) is 0 Å². The lowest BCUT2D eigenvalue weighted by molar-refractivity contribution is 0.589. The lowest BCUT2D eigenvalue weighted by Gasteiger charge is -2.31. The van der Waals surface area contributed by atoms with E-state index in [2.05, 4.69) is 57.7 Å². The SMILES string of the molecule is c1ccc(N2CCNCC2)c(-c2nn3cccnc3c2-c2ccnc3ccccc23)c1. The van der Waals surface area contributed by atoms with Crippen molar-refractivity contribution in [3.8, 4) is 22.4 Å². The minimum absolute atomic E-state index is 0.851. The number of hydrogen-bond donors (Lipinski definition) is 1. The Morgan fingerprint density at radius 2 is 1.61 bits per heavy atom. The Kier molecular flexibility index (Phi) is 4.35. The standard InChI is InChI=1S/C25H22N6/c1-3-8-21-18(6-1)19(10-12-27-21)23-24(29-31-15-5-11-28-25(23)31)20-7-2-4-9-22(20)30-16-13-26-14-17-30/h1-12,15,26H,13-14,16-17H2. The number of rotatable bonds is 3. The Bertz CT molecular complexity index is 1380. The molecule has 6 nitrogen and oxygen atoms in total. The zero-order chi connectivity index (χ0) is 20.6. The predicted molar refractivity (Wildman–Crippen MR) is 124 cm³/mol. The summed E-state index contributed by atoms with van der Waals surface area (Å²) in [7, 11) is 0. The number of pyridine rings is 1. The number of nitrogens with zero attached hydrogens (tertiary/aromatic N) is 5. The van der Waals surface area contributed by atoms with Crippen molar-refractivity contribution in [2.75, 3.05) is 31.1 Å². The summed E-state index contributed by atoms with van der Waals surface area (Å²) in [4.78, 5) is 11.7. The normalized spacial score (nSPS) is 14.4. The van der Waals surface area contributed by atoms with Crippen LogP contribution in [0.15, 0.2) is 79.3 Å². The predicted octanol–water partition coefficient (Wildman–Crippen LogP) is 4.02. The number of benzene rings is 2. The highest BCUT2D eigenvalue weighted by atomic mass is 15.3. The van der Waals surface area contributed by atoms with Gasteiger partial charge in [-0.05, 0) is 29.8 Å². The molecule has 0 spiro atoms. The van der Waals surface area contributed by atoms with Gasteiger partial charge in [-0.15, -0.1) is 0 Å². The van der Waals surface area contributed by atoms with Crippen LogP contribution in [0.4, 0.5) is 5.69 Å². The van der Waals surface area contributed by atoms with Gasteiger partial charge in [-0.3, -0.25) is 4.98 Å². The smallest absolute Gasteiger partial charge is 0.163 e. The van der Waals surface area contributed by atoms with E-state index >= 15 is 0 Å². The summed E-state index contributed by atoms with van der Waals surface area (Å²) >= 11 is 0. The van der Waals surface area contributed by atoms with E-state index in [-0.39, 0.29) is 0 Å². The molecule has 0 aliphatic carbocycles. The Hall–Kier alpha value is -3.77. The third-order valence-corrected chi connectivity index (χ3v) is 5.93. The van der Waals surface area contributed by atoms with Crippen LogP contribution in [-0.4, -0.2) is 45.8 Å². The highest BCUT2D eigenvalue weighted by molar-refractivity contribution is 6.03. The first-order valence-corrected chi connectivity index (χ1v) is 10.6. The van der Waals surface area contributed by atoms with Crippen molar-refractivity contribution in [1.29, 1.82) is 0 Å². The van der Waals surface area contributed by atoms with Crippen molar-refractivity contribution in [3.05, 3.63) is 79.3 Å². The lowest BCUT2D eigenvalue weighted by Crippen LogP contribution is -2.43. The highest BCUT2D eigenvalue weighted by Gasteiger charge is 2.23. The van der Waals surface area contributed by atoms with E-state index in [1.807, 2.05) is 41.3 Å². The molecule has 0 saturated carbocycles. The van der Waals surface area contributed by atoms with Crippen molar-refractivity contribution in [2.45, 2.75) is 0 Å². The number of aromatic nitrogens is 4. The van der Waals surface area contributed by atoms with Crippen LogP contribution in [0.5, 0.6) is 0 Å². The molecule has 1 N–H and O–H groups in total. The van der Waals surface area contributed by atoms with Gasteiger partial charge >= 0.3 is 0 Å². The Morgan fingerprint density at radius 3 is 2.55 bits per heavy atom. The molecular formula is C25H22N6. The molecule has 4 heterocycles. The van der Waals surface area contributed by atoms with Gasteiger partial charge in [0.15, 0.2) is 5.65 Å². The van der Waals surface area contributed by atoms with Crippen molar-refractivity contribution in [1.82, 2.24) is 24.9 Å². The molecule has 1 aliphatic heterocycles. The second kappa shape index (κ2) is 7.49. The summed E-state index contributed by atoms with van der Waals surface area (Å²) in [5.74, 6) is 0. The number of para-hydroxylation sites is 2. The third kappa shape index (κ3) is 3.04. The van der Waals surface area contributed by atoms with Gasteiger partial charge in [-0.2, -0.15) is 5.10 Å². The molecule has 31 heavy (non-hydrogen) atoms. The molecule has 5 aromatic rings. The van der Waals surface area contributed by atoms with E-state index in [4.69, 9.17) is 10.1 Å². The summed E-state index contributed by atoms with van der Waals surface area (Å²) < 4.78 is 1.88. The largest absolute Gasteiger partial charge is 0.368 e. The molecule has 3 aromatic heterocycles. The molecular weight excluding hydrogens is 384 g/mol. The van der Waals surface area contributed by atoms with Crippen LogP contribution in [0.3, 0.4) is 0 Å². The molecule has 0 atom stereocenters. The molecule has 1 saturated heterocycles. The van der Waals surface area contributed by atoms with Gasteiger partial charge < -0.3 is 10.2 Å². The van der Waals surface area contributed by atoms with Gasteiger partial charge in [0.05, 0.1) is 11.1 Å². The van der Waals surface area contributed by atoms with Gasteiger partial charge in [-0.25, -0.2) is 9.50 Å². The molecule has 6 rings (SSSR count). The second-order valence-corrected chi connectivity index (χ2v) is 7.74. The number of nitrogens with one attached hydrogen (secondary N) is 1. The number of anilines is 1. The highest BCUT2D eigenvalue weighted by Crippen LogP contribution is 2.40. The van der Waals surface area contributed by atoms with Gasteiger partial charge in [0.25, 0.3) is 0 Å². The molecule has 152 valence electrons. The Labute approximate surface area is 180 Å². The molecule has 0 amide bonds. The van der Waals surface area contributed by atoms with E-state index < -0.39 is 0 Å². The summed E-state index contributed by atoms with van der Waals surface area (Å²) in [6.07, 6.45) is 5.66. The van der Waals surface area contributed by atoms with Crippen LogP contribution < -0.4 is 10.2 Å². The fourth-order valence-corrected chi connectivity index (χ4v) is 4.49. The third-order valence-electron chi connectivity index (χ3n) is 5.93. The molecule has 1 fully saturated rings. The molecule has 2 aromatic carbocycles. The van der Waals surface area contributed by atoms with Crippen LogP contribution in [0, 0.1) is 0 Å². The maximum absolute atomic E-state index is 5.01. The fraction of sp³-hybridized carbons (Fsp3) is 0.160. The van der Waals surface area contributed by atoms with Crippen molar-refractivity contribution in [3.63, 3.8) is 0 Å². The van der Waals surface area contributed by atoms with E-state index in [0.29, 0.717) is 0 Å². The van der Waals surface area contributed by atoms with E-state index in [1.165, 1.54) is 5.69 Å². The van der Waals surface area contributed by atoms with Gasteiger partial charge in [0, 0.05) is 61.4 Å². The first kappa shape index (κ1) is 18.0. The summed E-state index contributed by atoms with van der Waals surface area (Å²) in [6.45, 7) is 3.94. The summed E-state index contributed by atoms with van der Waals surface area (Å²) in [5.41, 5.74) is 7.26. The summed E-state index contributed by atoms with van der Waals surface area (Å²) in [6, 6.07) is 20.8. The summed E-state index contributed by atoms with van der Waals surface area (Å²) in [5, 5.41) is 9.56. The Morgan fingerprint density at radius 1 is 0.774 bits per heavy atom. The minimum Gasteiger partial charge on any atom is -0.368 e. The molecule has 0 unspecified atom stereocenters. The topological polar surface area (TPSA) is 58.4 Å². The van der Waals surface area contributed by atoms with Crippen LogP contribution in [0.25, 0.3) is 38.9 Å². The van der Waals surface area contributed by atoms with Crippen molar-refractivity contribution in [2.24, 2.45) is 0 Å². The van der Waals surface area contributed by atoms with E-state index in [9.17, 15) is 0 Å². The lowest BCUT2D eigenvalue weighted by atomic mass is 9.97. The monoisotopic (exact) mass is 406 g/mol. The van der Waals surface area contributed by atoms with Crippen molar-refractivity contribution < 1.29 is 0 Å². The number of fused-ring (bicyclic) bond motifs is 2. The maximum atomic E-state index is 5.01. The molecule has 1 aliphatic rings. The number of piperazine rings is 1. The second-order valence-electron chi connectivity index (χ2n) is 7.74. The quantitative estimate of drug-likeness (QED) is 0.490. The fourth-order valence-electron chi connectivity index (χ4n) is 4.49. The van der Waals surface area contributed by atoms with Crippen LogP contribution in [0.2, 0.25) is 0 Å². The maximum Gasteiger partial charge on any atom is 0.163 e.